The Morgan fingerprint density at radius 1 is 1.33 bits per heavy atom. The summed E-state index contributed by atoms with van der Waals surface area (Å²) >= 11 is 0. The molecule has 0 aliphatic carbocycles. The molecule has 0 aromatic heterocycles. The lowest BCUT2D eigenvalue weighted by Gasteiger charge is -2.41. The monoisotopic (exact) mass is 258 g/mol. The smallest absolute Gasteiger partial charge is 0.410 e. The molecule has 18 heavy (non-hydrogen) atoms. The Kier molecular flexibility index (Phi) is 4.99. The van der Waals surface area contributed by atoms with E-state index in [9.17, 15) is 4.79 Å². The normalized spacial score (nSPS) is 19.7. The van der Waals surface area contributed by atoms with Crippen LogP contribution in [0.5, 0.6) is 0 Å². The van der Waals surface area contributed by atoms with Crippen molar-refractivity contribution in [2.24, 2.45) is 5.73 Å². The topological polar surface area (TPSA) is 64.8 Å². The fraction of sp³-hybridized carbons (Fsp3) is 0.923. The Bertz CT molecular complexity index is 278. The van der Waals surface area contributed by atoms with E-state index in [-0.39, 0.29) is 11.7 Å². The van der Waals surface area contributed by atoms with Gasteiger partial charge in [-0.25, -0.2) is 4.79 Å². The van der Waals surface area contributed by atoms with Crippen molar-refractivity contribution < 1.29 is 14.3 Å². The summed E-state index contributed by atoms with van der Waals surface area (Å²) < 4.78 is 10.9. The van der Waals surface area contributed by atoms with Crippen LogP contribution in [-0.2, 0) is 9.47 Å². The van der Waals surface area contributed by atoms with E-state index in [2.05, 4.69) is 0 Å². The minimum absolute atomic E-state index is 0.159. The molecule has 0 unspecified atom stereocenters. The number of ether oxygens (including phenoxy) is 2. The molecule has 1 aliphatic rings. The summed E-state index contributed by atoms with van der Waals surface area (Å²) in [5, 5.41) is 0. The molecule has 106 valence electrons. The number of hydrogen-bond acceptors (Lipinski definition) is 4. The molecule has 5 nitrogen and oxygen atoms in total. The first-order chi connectivity index (χ1) is 8.32. The van der Waals surface area contributed by atoms with Gasteiger partial charge in [0.25, 0.3) is 0 Å². The highest BCUT2D eigenvalue weighted by molar-refractivity contribution is 5.68. The van der Waals surface area contributed by atoms with Crippen LogP contribution in [0.25, 0.3) is 0 Å². The molecular weight excluding hydrogens is 232 g/mol. The lowest BCUT2D eigenvalue weighted by molar-refractivity contribution is -0.0635. The Labute approximate surface area is 110 Å². The number of carbonyl (C=O) groups is 1. The summed E-state index contributed by atoms with van der Waals surface area (Å²) in [4.78, 5) is 13.7. The number of rotatable bonds is 3. The van der Waals surface area contributed by atoms with Crippen LogP contribution >= 0.6 is 0 Å². The number of piperidine rings is 1. The van der Waals surface area contributed by atoms with Gasteiger partial charge in [0.1, 0.15) is 5.60 Å². The fourth-order valence-electron chi connectivity index (χ4n) is 2.24. The van der Waals surface area contributed by atoms with Gasteiger partial charge in [-0.05, 0) is 46.6 Å². The molecule has 0 saturated carbocycles. The van der Waals surface area contributed by atoms with Crippen LogP contribution in [0.4, 0.5) is 4.79 Å². The molecule has 0 bridgehead atoms. The molecule has 1 amide bonds. The maximum absolute atomic E-state index is 11.9. The van der Waals surface area contributed by atoms with Crippen molar-refractivity contribution in [3.05, 3.63) is 0 Å². The number of nitrogens with two attached hydrogens (primary N) is 1. The van der Waals surface area contributed by atoms with Crippen molar-refractivity contribution >= 4 is 6.09 Å². The second-order valence-corrected chi connectivity index (χ2v) is 5.89. The lowest BCUT2D eigenvalue weighted by Crippen LogP contribution is -2.49. The molecule has 1 fully saturated rings. The summed E-state index contributed by atoms with van der Waals surface area (Å²) in [5.74, 6) is 0. The van der Waals surface area contributed by atoms with Crippen molar-refractivity contribution in [2.75, 3.05) is 26.7 Å². The van der Waals surface area contributed by atoms with Crippen molar-refractivity contribution in [3.8, 4) is 0 Å². The first-order valence-electron chi connectivity index (χ1n) is 6.55. The minimum Gasteiger partial charge on any atom is -0.444 e. The van der Waals surface area contributed by atoms with Crippen LogP contribution < -0.4 is 5.73 Å². The van der Waals surface area contributed by atoms with Gasteiger partial charge in [0, 0.05) is 20.2 Å². The van der Waals surface area contributed by atoms with Gasteiger partial charge in [0.15, 0.2) is 0 Å². The highest BCUT2D eigenvalue weighted by Gasteiger charge is 2.36. The molecule has 2 N–H and O–H groups in total. The summed E-state index contributed by atoms with van der Waals surface area (Å²) in [6.45, 7) is 7.58. The third-order valence-electron chi connectivity index (χ3n) is 3.36. The van der Waals surface area contributed by atoms with Gasteiger partial charge in [0.05, 0.1) is 5.60 Å². The van der Waals surface area contributed by atoms with Gasteiger partial charge < -0.3 is 20.1 Å². The minimum atomic E-state index is -0.440. The van der Waals surface area contributed by atoms with Gasteiger partial charge in [-0.1, -0.05) is 0 Å². The molecule has 0 radical (unpaired) electrons. The molecule has 1 heterocycles. The first kappa shape index (κ1) is 15.2. The zero-order valence-electron chi connectivity index (χ0n) is 12.0. The van der Waals surface area contributed by atoms with Gasteiger partial charge in [-0.2, -0.15) is 0 Å². The Morgan fingerprint density at radius 2 is 1.89 bits per heavy atom. The maximum Gasteiger partial charge on any atom is 0.410 e. The average molecular weight is 258 g/mol. The summed E-state index contributed by atoms with van der Waals surface area (Å²) in [6, 6.07) is 0. The molecule has 5 heteroatoms. The Balaban J connectivity index is 2.50. The number of hydrogen-bond donors (Lipinski definition) is 1. The van der Waals surface area contributed by atoms with E-state index in [4.69, 9.17) is 15.2 Å². The molecule has 0 aromatic rings. The molecule has 1 saturated heterocycles. The van der Waals surface area contributed by atoms with E-state index in [0.29, 0.717) is 19.6 Å². The third-order valence-corrected chi connectivity index (χ3v) is 3.36. The number of nitrogens with zero attached hydrogens (tertiary/aromatic N) is 1. The molecular formula is C13H26N2O3. The van der Waals surface area contributed by atoms with Crippen molar-refractivity contribution in [2.45, 2.75) is 51.2 Å². The van der Waals surface area contributed by atoms with Gasteiger partial charge >= 0.3 is 6.09 Å². The van der Waals surface area contributed by atoms with Crippen LogP contribution in [0.15, 0.2) is 0 Å². The Morgan fingerprint density at radius 3 is 2.28 bits per heavy atom. The summed E-state index contributed by atoms with van der Waals surface area (Å²) in [5.41, 5.74) is 5.01. The van der Waals surface area contributed by atoms with Gasteiger partial charge in [0.2, 0.25) is 0 Å². The van der Waals surface area contributed by atoms with E-state index in [1.165, 1.54) is 0 Å². The van der Waals surface area contributed by atoms with E-state index in [0.717, 1.165) is 19.3 Å². The highest BCUT2D eigenvalue weighted by atomic mass is 16.6. The lowest BCUT2D eigenvalue weighted by atomic mass is 9.88. The highest BCUT2D eigenvalue weighted by Crippen LogP contribution is 2.29. The van der Waals surface area contributed by atoms with E-state index < -0.39 is 5.60 Å². The zero-order valence-corrected chi connectivity index (χ0v) is 12.0. The van der Waals surface area contributed by atoms with Crippen LogP contribution in [-0.4, -0.2) is 48.9 Å². The second kappa shape index (κ2) is 5.89. The third kappa shape index (κ3) is 4.14. The number of amides is 1. The van der Waals surface area contributed by atoms with Gasteiger partial charge in [-0.3, -0.25) is 0 Å². The van der Waals surface area contributed by atoms with Crippen LogP contribution in [0, 0.1) is 0 Å². The number of likely N-dealkylation sites (tertiary alicyclic amines) is 1. The second-order valence-electron chi connectivity index (χ2n) is 5.89. The SMILES string of the molecule is COC1(CCN)CCN(C(=O)OC(C)(C)C)CC1. The zero-order chi connectivity index (χ0) is 13.8. The van der Waals surface area contributed by atoms with Gasteiger partial charge in [-0.15, -0.1) is 0 Å². The van der Waals surface area contributed by atoms with E-state index >= 15 is 0 Å². The number of carbonyl (C=O) groups excluding carboxylic acids is 1. The summed E-state index contributed by atoms with van der Waals surface area (Å²) in [7, 11) is 1.72. The Hall–Kier alpha value is -0.810. The standard InChI is InChI=1S/C13H26N2O3/c1-12(2,3)18-11(16)15-9-6-13(17-4,5-8-14)7-10-15/h5-10,14H2,1-4H3. The predicted molar refractivity (Wildman–Crippen MR) is 70.5 cm³/mol. The van der Waals surface area contributed by atoms with Crippen molar-refractivity contribution in [3.63, 3.8) is 0 Å². The average Bonchev–Trinajstić information content (AvgIpc) is 2.28. The maximum atomic E-state index is 11.9. The molecule has 0 atom stereocenters. The van der Waals surface area contributed by atoms with Crippen molar-refractivity contribution in [1.29, 1.82) is 0 Å². The van der Waals surface area contributed by atoms with Crippen molar-refractivity contribution in [1.82, 2.24) is 4.90 Å². The predicted octanol–water partition coefficient (Wildman–Crippen LogP) is 1.75. The molecule has 1 rings (SSSR count). The number of methoxy groups -OCH3 is 1. The van der Waals surface area contributed by atoms with Crippen LogP contribution in [0.1, 0.15) is 40.0 Å². The first-order valence-corrected chi connectivity index (χ1v) is 6.55. The molecule has 1 aliphatic heterocycles. The van der Waals surface area contributed by atoms with Crippen LogP contribution in [0.2, 0.25) is 0 Å². The summed E-state index contributed by atoms with van der Waals surface area (Å²) in [6.07, 6.45) is 2.24. The van der Waals surface area contributed by atoms with Crippen LogP contribution in [0.3, 0.4) is 0 Å². The van der Waals surface area contributed by atoms with E-state index in [1.54, 1.807) is 12.0 Å². The van der Waals surface area contributed by atoms with E-state index in [1.807, 2.05) is 20.8 Å². The fourth-order valence-corrected chi connectivity index (χ4v) is 2.24. The quantitative estimate of drug-likeness (QED) is 0.837. The molecule has 0 aromatic carbocycles. The largest absolute Gasteiger partial charge is 0.444 e. The molecule has 0 spiro atoms.